The number of hydrogen-bond acceptors (Lipinski definition) is 4. The second-order valence-electron chi connectivity index (χ2n) is 5.35. The van der Waals surface area contributed by atoms with Crippen LogP contribution in [0.1, 0.15) is 0 Å². The number of hydrogen-bond donors (Lipinski definition) is 1. The molecular weight excluding hydrogens is 298 g/mol. The molecule has 1 aliphatic heterocycles. The van der Waals surface area contributed by atoms with Crippen molar-refractivity contribution < 1.29 is 8.42 Å². The molecule has 0 radical (unpaired) electrons. The SMILES string of the molecule is NS(=O)(=O)c1ccc(N2CCN(c3ccccc3)CC2)cc1. The van der Waals surface area contributed by atoms with Crippen LogP contribution in [-0.4, -0.2) is 34.6 Å². The molecule has 2 aromatic carbocycles. The molecule has 2 N–H and O–H groups in total. The normalized spacial score (nSPS) is 15.9. The molecule has 2 aromatic rings. The summed E-state index contributed by atoms with van der Waals surface area (Å²) in [5, 5.41) is 5.12. The molecule has 0 amide bonds. The van der Waals surface area contributed by atoms with Crippen molar-refractivity contribution in [3.8, 4) is 0 Å². The molecule has 6 heteroatoms. The maximum absolute atomic E-state index is 11.3. The molecule has 0 atom stereocenters. The van der Waals surface area contributed by atoms with E-state index in [1.165, 1.54) is 5.69 Å². The van der Waals surface area contributed by atoms with Gasteiger partial charge in [-0.25, -0.2) is 13.6 Å². The minimum Gasteiger partial charge on any atom is -0.368 e. The van der Waals surface area contributed by atoms with Gasteiger partial charge in [0.2, 0.25) is 10.0 Å². The zero-order valence-electron chi connectivity index (χ0n) is 12.2. The fourth-order valence-electron chi connectivity index (χ4n) is 2.71. The van der Waals surface area contributed by atoms with Gasteiger partial charge in [-0.15, -0.1) is 0 Å². The van der Waals surface area contributed by atoms with Gasteiger partial charge in [-0.2, -0.15) is 0 Å². The number of benzene rings is 2. The molecule has 1 heterocycles. The molecule has 1 aliphatic rings. The van der Waals surface area contributed by atoms with Crippen molar-refractivity contribution in [1.82, 2.24) is 0 Å². The van der Waals surface area contributed by atoms with Crippen molar-refractivity contribution in [1.29, 1.82) is 0 Å². The third-order valence-corrected chi connectivity index (χ3v) is 4.86. The van der Waals surface area contributed by atoms with E-state index >= 15 is 0 Å². The molecule has 0 unspecified atom stereocenters. The maximum Gasteiger partial charge on any atom is 0.238 e. The number of nitrogens with zero attached hydrogens (tertiary/aromatic N) is 2. The van der Waals surface area contributed by atoms with Gasteiger partial charge < -0.3 is 9.80 Å². The fourth-order valence-corrected chi connectivity index (χ4v) is 3.22. The Morgan fingerprint density at radius 1 is 0.727 bits per heavy atom. The summed E-state index contributed by atoms with van der Waals surface area (Å²) >= 11 is 0. The highest BCUT2D eigenvalue weighted by atomic mass is 32.2. The zero-order valence-corrected chi connectivity index (χ0v) is 13.0. The summed E-state index contributed by atoms with van der Waals surface area (Å²) in [4.78, 5) is 4.76. The van der Waals surface area contributed by atoms with Crippen LogP contribution in [0.4, 0.5) is 11.4 Å². The first-order chi connectivity index (χ1) is 10.5. The molecule has 0 saturated carbocycles. The number of primary sulfonamides is 1. The number of nitrogens with two attached hydrogens (primary N) is 1. The van der Waals surface area contributed by atoms with Gasteiger partial charge in [-0.05, 0) is 36.4 Å². The second kappa shape index (κ2) is 5.98. The number of rotatable bonds is 3. The average Bonchev–Trinajstić information content (AvgIpc) is 2.55. The van der Waals surface area contributed by atoms with Gasteiger partial charge in [-0.3, -0.25) is 0 Å². The first kappa shape index (κ1) is 14.9. The summed E-state index contributed by atoms with van der Waals surface area (Å²) in [5.74, 6) is 0. The van der Waals surface area contributed by atoms with E-state index in [9.17, 15) is 8.42 Å². The standard InChI is InChI=1S/C16H19N3O2S/c17-22(20,21)16-8-6-15(7-9-16)19-12-10-18(11-13-19)14-4-2-1-3-5-14/h1-9H,10-13H2,(H2,17,20,21). The summed E-state index contributed by atoms with van der Waals surface area (Å²) < 4.78 is 22.6. The van der Waals surface area contributed by atoms with Crippen molar-refractivity contribution in [3.63, 3.8) is 0 Å². The Balaban J connectivity index is 1.66. The van der Waals surface area contributed by atoms with Crippen LogP contribution in [0.25, 0.3) is 0 Å². The highest BCUT2D eigenvalue weighted by molar-refractivity contribution is 7.89. The third kappa shape index (κ3) is 3.23. The molecule has 1 saturated heterocycles. The van der Waals surface area contributed by atoms with E-state index in [0.717, 1.165) is 31.9 Å². The third-order valence-electron chi connectivity index (χ3n) is 3.93. The van der Waals surface area contributed by atoms with Gasteiger partial charge in [0.15, 0.2) is 0 Å². The molecule has 1 fully saturated rings. The number of sulfonamides is 1. The van der Waals surface area contributed by atoms with Crippen molar-refractivity contribution >= 4 is 21.4 Å². The summed E-state index contributed by atoms with van der Waals surface area (Å²) in [6.07, 6.45) is 0. The maximum atomic E-state index is 11.3. The predicted molar refractivity (Wildman–Crippen MR) is 88.7 cm³/mol. The lowest BCUT2D eigenvalue weighted by molar-refractivity contribution is 0.597. The molecule has 5 nitrogen and oxygen atoms in total. The summed E-state index contributed by atoms with van der Waals surface area (Å²) in [7, 11) is -3.62. The molecule has 22 heavy (non-hydrogen) atoms. The predicted octanol–water partition coefficient (Wildman–Crippen LogP) is 1.66. The van der Waals surface area contributed by atoms with Crippen LogP contribution >= 0.6 is 0 Å². The van der Waals surface area contributed by atoms with Crippen molar-refractivity contribution in [2.75, 3.05) is 36.0 Å². The van der Waals surface area contributed by atoms with E-state index in [2.05, 4.69) is 21.9 Å². The minimum atomic E-state index is -3.62. The number of para-hydroxylation sites is 1. The smallest absolute Gasteiger partial charge is 0.238 e. The molecule has 116 valence electrons. The van der Waals surface area contributed by atoms with E-state index in [1.807, 2.05) is 30.3 Å². The Morgan fingerprint density at radius 2 is 1.18 bits per heavy atom. The van der Waals surface area contributed by atoms with Gasteiger partial charge in [-0.1, -0.05) is 18.2 Å². The molecule has 0 spiro atoms. The first-order valence-electron chi connectivity index (χ1n) is 7.22. The van der Waals surface area contributed by atoms with Gasteiger partial charge in [0, 0.05) is 37.6 Å². The van der Waals surface area contributed by atoms with Crippen LogP contribution < -0.4 is 14.9 Å². The van der Waals surface area contributed by atoms with Crippen LogP contribution in [0.5, 0.6) is 0 Å². The Kier molecular flexibility index (Phi) is 4.04. The van der Waals surface area contributed by atoms with E-state index < -0.39 is 10.0 Å². The van der Waals surface area contributed by atoms with Gasteiger partial charge in [0.25, 0.3) is 0 Å². The van der Waals surface area contributed by atoms with E-state index in [0.29, 0.717) is 0 Å². The number of anilines is 2. The monoisotopic (exact) mass is 317 g/mol. The molecule has 0 aliphatic carbocycles. The Labute approximate surface area is 131 Å². The first-order valence-corrected chi connectivity index (χ1v) is 8.76. The molecule has 3 rings (SSSR count). The minimum absolute atomic E-state index is 0.152. The Morgan fingerprint density at radius 3 is 1.64 bits per heavy atom. The summed E-state index contributed by atoms with van der Waals surface area (Å²) in [6, 6.07) is 17.1. The zero-order chi connectivity index (χ0) is 15.6. The quantitative estimate of drug-likeness (QED) is 0.935. The van der Waals surface area contributed by atoms with E-state index in [4.69, 9.17) is 5.14 Å². The van der Waals surface area contributed by atoms with Crippen LogP contribution in [0.3, 0.4) is 0 Å². The van der Waals surface area contributed by atoms with Crippen molar-refractivity contribution in [2.45, 2.75) is 4.90 Å². The molecule has 0 aromatic heterocycles. The lowest BCUT2D eigenvalue weighted by Gasteiger charge is -2.37. The van der Waals surface area contributed by atoms with E-state index in [1.54, 1.807) is 12.1 Å². The second-order valence-corrected chi connectivity index (χ2v) is 6.91. The summed E-state index contributed by atoms with van der Waals surface area (Å²) in [5.41, 5.74) is 2.27. The molecular formula is C16H19N3O2S. The Bertz CT molecular complexity index is 722. The Hall–Kier alpha value is -2.05. The topological polar surface area (TPSA) is 66.6 Å². The fraction of sp³-hybridized carbons (Fsp3) is 0.250. The van der Waals surface area contributed by atoms with Crippen molar-refractivity contribution in [2.24, 2.45) is 5.14 Å². The van der Waals surface area contributed by atoms with Crippen LogP contribution in [0.15, 0.2) is 59.5 Å². The number of piperazine rings is 1. The average molecular weight is 317 g/mol. The highest BCUT2D eigenvalue weighted by Crippen LogP contribution is 2.21. The highest BCUT2D eigenvalue weighted by Gasteiger charge is 2.18. The summed E-state index contributed by atoms with van der Waals surface area (Å²) in [6.45, 7) is 3.70. The van der Waals surface area contributed by atoms with Gasteiger partial charge >= 0.3 is 0 Å². The lowest BCUT2D eigenvalue weighted by Crippen LogP contribution is -2.46. The lowest BCUT2D eigenvalue weighted by atomic mass is 10.2. The van der Waals surface area contributed by atoms with Gasteiger partial charge in [0.1, 0.15) is 0 Å². The van der Waals surface area contributed by atoms with Crippen LogP contribution in [0.2, 0.25) is 0 Å². The largest absolute Gasteiger partial charge is 0.368 e. The van der Waals surface area contributed by atoms with Crippen molar-refractivity contribution in [3.05, 3.63) is 54.6 Å². The van der Waals surface area contributed by atoms with Crippen LogP contribution in [0, 0.1) is 0 Å². The van der Waals surface area contributed by atoms with Gasteiger partial charge in [0.05, 0.1) is 4.90 Å². The van der Waals surface area contributed by atoms with E-state index in [-0.39, 0.29) is 4.90 Å². The molecule has 0 bridgehead atoms. The van der Waals surface area contributed by atoms with Crippen LogP contribution in [-0.2, 0) is 10.0 Å².